The van der Waals surface area contributed by atoms with Crippen molar-refractivity contribution in [2.75, 3.05) is 43.9 Å². The van der Waals surface area contributed by atoms with Crippen LogP contribution in [0.5, 0.6) is 6.01 Å². The predicted molar refractivity (Wildman–Crippen MR) is 189 cm³/mol. The molecular formula is C34H40ClF2N7O5S. The first kappa shape index (κ1) is 35.7. The van der Waals surface area contributed by atoms with Gasteiger partial charge in [0.2, 0.25) is 0 Å². The van der Waals surface area contributed by atoms with Crippen LogP contribution >= 0.6 is 22.9 Å². The minimum Gasteiger partial charge on any atom is -0.462 e. The Morgan fingerprint density at radius 2 is 1.76 bits per heavy atom. The van der Waals surface area contributed by atoms with E-state index in [4.69, 9.17) is 25.8 Å². The van der Waals surface area contributed by atoms with Crippen LogP contribution in [-0.4, -0.2) is 93.5 Å². The van der Waals surface area contributed by atoms with Gasteiger partial charge >= 0.3 is 18.2 Å². The van der Waals surface area contributed by atoms with Crippen molar-refractivity contribution in [1.29, 1.82) is 0 Å². The number of nitrogens with one attached hydrogen (secondary N) is 2. The number of nitrogens with zero attached hydrogens (tertiary/aromatic N) is 5. The SMILES string of the molecule is CN1CCC[C@H]1COc1nc(NC2CN(C(=O)OC(C)(C)C)C2)c2cc(Cl)c(-c3ccc(F)c4sc(NC(=O)OC(C)(C)C)nc34)c(F)c2n1. The number of anilines is 2. The number of likely N-dealkylation sites (N-methyl/N-ethyl adjacent to an activating group) is 1. The number of carbonyl (C=O) groups is 2. The number of thiazole rings is 1. The summed E-state index contributed by atoms with van der Waals surface area (Å²) in [6.45, 7) is 12.5. The molecule has 4 heterocycles. The molecular weight excluding hydrogens is 692 g/mol. The second-order valence-electron chi connectivity index (χ2n) is 14.5. The van der Waals surface area contributed by atoms with E-state index >= 15 is 8.78 Å². The molecule has 1 atom stereocenters. The van der Waals surface area contributed by atoms with Crippen molar-refractivity contribution < 1.29 is 32.6 Å². The fourth-order valence-corrected chi connectivity index (χ4v) is 6.99. The average molecular weight is 732 g/mol. The van der Waals surface area contributed by atoms with E-state index in [0.29, 0.717) is 25.1 Å². The molecule has 0 unspecified atom stereocenters. The highest BCUT2D eigenvalue weighted by atomic mass is 35.5. The summed E-state index contributed by atoms with van der Waals surface area (Å²) in [6, 6.07) is 4.04. The summed E-state index contributed by atoms with van der Waals surface area (Å²) >= 11 is 7.68. The lowest BCUT2D eigenvalue weighted by Crippen LogP contribution is -2.58. The Hall–Kier alpha value is -4.08. The van der Waals surface area contributed by atoms with E-state index in [0.717, 1.165) is 30.7 Å². The Labute approximate surface area is 297 Å². The normalized spacial score (nSPS) is 17.2. The van der Waals surface area contributed by atoms with Crippen LogP contribution in [0.15, 0.2) is 18.2 Å². The molecule has 2 aliphatic rings. The predicted octanol–water partition coefficient (Wildman–Crippen LogP) is 7.69. The van der Waals surface area contributed by atoms with Gasteiger partial charge in [-0.05, 0) is 86.2 Å². The van der Waals surface area contributed by atoms with Crippen LogP contribution in [0.1, 0.15) is 54.4 Å². The van der Waals surface area contributed by atoms with Crippen LogP contribution in [0.25, 0.3) is 32.2 Å². The van der Waals surface area contributed by atoms with Gasteiger partial charge in [-0.15, -0.1) is 0 Å². The molecule has 2 saturated heterocycles. The number of carbonyl (C=O) groups excluding carboxylic acids is 2. The van der Waals surface area contributed by atoms with Crippen molar-refractivity contribution in [2.24, 2.45) is 0 Å². The van der Waals surface area contributed by atoms with E-state index in [1.807, 2.05) is 7.05 Å². The smallest absolute Gasteiger partial charge is 0.413 e. The lowest BCUT2D eigenvalue weighted by atomic mass is 10.0. The van der Waals surface area contributed by atoms with Crippen LogP contribution in [0, 0.1) is 11.6 Å². The molecule has 2 amide bonds. The fraction of sp³-hybridized carbons (Fsp3) is 0.500. The van der Waals surface area contributed by atoms with Crippen LogP contribution < -0.4 is 15.4 Å². The first-order valence-corrected chi connectivity index (χ1v) is 17.5. The van der Waals surface area contributed by atoms with Crippen molar-refractivity contribution >= 4 is 67.2 Å². The molecule has 0 saturated carbocycles. The topological polar surface area (TPSA) is 131 Å². The third-order valence-corrected chi connectivity index (χ3v) is 9.46. The second kappa shape index (κ2) is 13.6. The Balaban J connectivity index is 1.37. The molecule has 12 nitrogen and oxygen atoms in total. The number of aromatic nitrogens is 3. The third kappa shape index (κ3) is 7.79. The molecule has 0 spiro atoms. The van der Waals surface area contributed by atoms with E-state index in [-0.39, 0.29) is 60.9 Å². The van der Waals surface area contributed by atoms with Gasteiger partial charge in [0.05, 0.1) is 21.3 Å². The molecule has 0 aliphatic carbocycles. The lowest BCUT2D eigenvalue weighted by Gasteiger charge is -2.40. The van der Waals surface area contributed by atoms with Crippen molar-refractivity contribution in [2.45, 2.75) is 77.7 Å². The maximum atomic E-state index is 16.8. The first-order valence-electron chi connectivity index (χ1n) is 16.3. The van der Waals surface area contributed by atoms with Crippen molar-refractivity contribution in [3.8, 4) is 17.1 Å². The van der Waals surface area contributed by atoms with Crippen molar-refractivity contribution in [1.82, 2.24) is 24.8 Å². The van der Waals surface area contributed by atoms with E-state index < -0.39 is 35.0 Å². The summed E-state index contributed by atoms with van der Waals surface area (Å²) in [5.41, 5.74) is -1.21. The molecule has 2 fully saturated rings. The monoisotopic (exact) mass is 731 g/mol. The number of hydrogen-bond acceptors (Lipinski definition) is 11. The van der Waals surface area contributed by atoms with Gasteiger partial charge in [-0.2, -0.15) is 9.97 Å². The number of likely N-dealkylation sites (tertiary alicyclic amines) is 2. The Bertz CT molecular complexity index is 1960. The number of hydrogen-bond donors (Lipinski definition) is 2. The zero-order valence-corrected chi connectivity index (χ0v) is 30.5. The van der Waals surface area contributed by atoms with Crippen LogP contribution in [0.4, 0.5) is 29.3 Å². The van der Waals surface area contributed by atoms with Gasteiger partial charge < -0.3 is 29.3 Å². The first-order chi connectivity index (χ1) is 23.5. The molecule has 0 bridgehead atoms. The third-order valence-electron chi connectivity index (χ3n) is 8.19. The zero-order chi connectivity index (χ0) is 36.1. The largest absolute Gasteiger partial charge is 0.462 e. The van der Waals surface area contributed by atoms with Crippen molar-refractivity contribution in [3.63, 3.8) is 0 Å². The molecule has 16 heteroatoms. The molecule has 2 aromatic heterocycles. The zero-order valence-electron chi connectivity index (χ0n) is 28.9. The van der Waals surface area contributed by atoms with E-state index in [9.17, 15) is 9.59 Å². The van der Waals surface area contributed by atoms with E-state index in [1.54, 1.807) is 46.4 Å². The highest BCUT2D eigenvalue weighted by Crippen LogP contribution is 2.43. The minimum atomic E-state index is -0.785. The van der Waals surface area contributed by atoms with E-state index in [2.05, 4.69) is 30.5 Å². The summed E-state index contributed by atoms with van der Waals surface area (Å²) in [7, 11) is 2.02. The Morgan fingerprint density at radius 1 is 1.04 bits per heavy atom. The number of fused-ring (bicyclic) bond motifs is 2. The Kier molecular flexibility index (Phi) is 9.70. The standard InChI is InChI=1S/C34H40ClF2N7O5S/c1-33(2,3)48-31(45)42-30-40-26-19(10-11-22(36)27(26)50-30)23-21(35)13-20-25(24(23)37)39-29(47-16-18-9-8-12-43(18)7)41-28(20)38-17-14-44(15-17)32(46)49-34(4,5)6/h10-11,13,17-18H,8-9,12,14-16H2,1-7H3,(H,38,39,41)(H,40,42,45)/t18-/m0/s1. The number of halogens is 3. The van der Waals surface area contributed by atoms with Gasteiger partial charge in [0.25, 0.3) is 0 Å². The van der Waals surface area contributed by atoms with Crippen LogP contribution in [-0.2, 0) is 9.47 Å². The Morgan fingerprint density at radius 3 is 2.42 bits per heavy atom. The van der Waals surface area contributed by atoms with Gasteiger partial charge in [-0.1, -0.05) is 22.9 Å². The fourth-order valence-electron chi connectivity index (χ4n) is 5.82. The van der Waals surface area contributed by atoms with Gasteiger partial charge in [0.1, 0.15) is 35.0 Å². The second-order valence-corrected chi connectivity index (χ2v) is 15.9. The van der Waals surface area contributed by atoms with Gasteiger partial charge in [-0.3, -0.25) is 5.32 Å². The number of benzene rings is 2. The molecule has 50 heavy (non-hydrogen) atoms. The summed E-state index contributed by atoms with van der Waals surface area (Å²) in [4.78, 5) is 42.2. The summed E-state index contributed by atoms with van der Waals surface area (Å²) in [6.07, 6.45) is 0.802. The highest BCUT2D eigenvalue weighted by molar-refractivity contribution is 7.22. The minimum absolute atomic E-state index is 0.00875. The molecule has 2 N–H and O–H groups in total. The highest BCUT2D eigenvalue weighted by Gasteiger charge is 2.35. The maximum absolute atomic E-state index is 16.8. The van der Waals surface area contributed by atoms with Gasteiger partial charge in [0.15, 0.2) is 10.9 Å². The molecule has 6 rings (SSSR count). The maximum Gasteiger partial charge on any atom is 0.413 e. The molecule has 4 aromatic rings. The number of rotatable bonds is 7. The van der Waals surface area contributed by atoms with Gasteiger partial charge in [-0.25, -0.2) is 23.4 Å². The molecule has 0 radical (unpaired) electrons. The molecule has 2 aromatic carbocycles. The van der Waals surface area contributed by atoms with Crippen LogP contribution in [0.2, 0.25) is 5.02 Å². The quantitative estimate of drug-likeness (QED) is 0.195. The summed E-state index contributed by atoms with van der Waals surface area (Å²) < 4.78 is 48.8. The average Bonchev–Trinajstić information content (AvgIpc) is 3.59. The summed E-state index contributed by atoms with van der Waals surface area (Å²) in [5, 5.41) is 6.21. The number of ether oxygens (including phenoxy) is 3. The molecule has 268 valence electrons. The summed E-state index contributed by atoms with van der Waals surface area (Å²) in [5.74, 6) is -1.10. The number of amides is 2. The van der Waals surface area contributed by atoms with Gasteiger partial charge in [0, 0.05) is 35.6 Å². The van der Waals surface area contributed by atoms with E-state index in [1.165, 1.54) is 18.2 Å². The lowest BCUT2D eigenvalue weighted by molar-refractivity contribution is 0.0104. The molecule has 2 aliphatic heterocycles. The van der Waals surface area contributed by atoms with Crippen molar-refractivity contribution in [3.05, 3.63) is 34.9 Å². The van der Waals surface area contributed by atoms with Crippen LogP contribution in [0.3, 0.4) is 0 Å².